The van der Waals surface area contributed by atoms with Crippen molar-refractivity contribution in [2.75, 3.05) is 6.61 Å². The van der Waals surface area contributed by atoms with Crippen molar-refractivity contribution in [1.82, 2.24) is 0 Å². The second-order valence-electron chi connectivity index (χ2n) is 3.58. The van der Waals surface area contributed by atoms with E-state index < -0.39 is 17.0 Å². The van der Waals surface area contributed by atoms with Crippen LogP contribution in [-0.4, -0.2) is 11.7 Å². The van der Waals surface area contributed by atoms with Crippen molar-refractivity contribution in [1.29, 1.82) is 0 Å². The summed E-state index contributed by atoms with van der Waals surface area (Å²) < 4.78 is 0. The number of rotatable bonds is 3. The minimum Gasteiger partial charge on any atom is -0.658 e. The number of hydrogen-bond donors (Lipinski definition) is 1. The number of benzene rings is 2. The fraction of sp³-hybridized carbons (Fsp3) is 0.200. The molecule has 0 saturated carbocycles. The number of aliphatic hydroxyl groups is 1. The zero-order valence-electron chi connectivity index (χ0n) is 11.3. The van der Waals surface area contributed by atoms with Gasteiger partial charge in [0.15, 0.2) is 0 Å². The van der Waals surface area contributed by atoms with E-state index in [4.69, 9.17) is 23.7 Å². The van der Waals surface area contributed by atoms with Crippen LogP contribution in [0.1, 0.15) is 13.3 Å². The van der Waals surface area contributed by atoms with Gasteiger partial charge < -0.3 is 10.4 Å². The molecule has 0 aliphatic heterocycles. The van der Waals surface area contributed by atoms with Crippen molar-refractivity contribution in [3.8, 4) is 0 Å². The first kappa shape index (κ1) is 19.5. The predicted molar refractivity (Wildman–Crippen MR) is 84.6 cm³/mol. The van der Waals surface area contributed by atoms with E-state index in [9.17, 15) is 0 Å². The predicted octanol–water partition coefficient (Wildman–Crippen LogP) is 5.79. The van der Waals surface area contributed by atoms with Gasteiger partial charge in [-0.05, 0) is 6.42 Å². The van der Waals surface area contributed by atoms with Crippen molar-refractivity contribution in [3.63, 3.8) is 0 Å². The summed E-state index contributed by atoms with van der Waals surface area (Å²) in [7, 11) is 9.78. The Morgan fingerprint density at radius 1 is 0.900 bits per heavy atom. The summed E-state index contributed by atoms with van der Waals surface area (Å²) in [5.41, 5.74) is 1.99. The number of nitrogens with zero attached hydrogens (tertiary/aromatic N) is 1. The topological polar surface area (TPSA) is 34.3 Å². The average molecular weight is 347 g/mol. The number of para-hydroxylation sites is 2. The zero-order chi connectivity index (χ0) is 15.1. The maximum absolute atomic E-state index is 7.88. The van der Waals surface area contributed by atoms with Gasteiger partial charge in [-0.1, -0.05) is 67.6 Å². The second kappa shape index (κ2) is 14.9. The molecule has 0 spiro atoms. The van der Waals surface area contributed by atoms with Crippen molar-refractivity contribution in [2.45, 2.75) is 13.3 Å². The minimum atomic E-state index is -0.556. The average Bonchev–Trinajstić information content (AvgIpc) is 2.50. The van der Waals surface area contributed by atoms with Crippen molar-refractivity contribution >= 4 is 30.0 Å². The molecular formula is C15H18Cl2NOTi-. The van der Waals surface area contributed by atoms with Gasteiger partial charge in [0, 0.05) is 6.61 Å². The molecule has 2 aromatic carbocycles. The number of halogens is 2. The molecule has 108 valence electrons. The molecule has 20 heavy (non-hydrogen) atoms. The van der Waals surface area contributed by atoms with Gasteiger partial charge in [0.25, 0.3) is 0 Å². The van der Waals surface area contributed by atoms with Gasteiger partial charge in [0.05, 0.1) is 0 Å². The third kappa shape index (κ3) is 11.3. The summed E-state index contributed by atoms with van der Waals surface area (Å²) in [6, 6.07) is 19.9. The first-order chi connectivity index (χ1) is 9.78. The second-order valence-corrected chi connectivity index (χ2v) is 6.16. The fourth-order valence-corrected chi connectivity index (χ4v) is 1.15. The van der Waals surface area contributed by atoms with Crippen molar-refractivity contribution < 1.29 is 22.1 Å². The largest absolute Gasteiger partial charge is 0.658 e. The summed E-state index contributed by atoms with van der Waals surface area (Å²) in [6.45, 7) is 2.25. The minimum absolute atomic E-state index is 0.319. The van der Waals surface area contributed by atoms with E-state index >= 15 is 0 Å². The molecule has 2 nitrogen and oxygen atoms in total. The molecule has 2 aromatic rings. The van der Waals surface area contributed by atoms with Crippen LogP contribution in [0.4, 0.5) is 11.4 Å². The van der Waals surface area contributed by atoms with E-state index in [0.29, 0.717) is 6.61 Å². The van der Waals surface area contributed by atoms with E-state index in [1.165, 1.54) is 0 Å². The number of aliphatic hydroxyl groups excluding tert-OH is 1. The Morgan fingerprint density at radius 3 is 1.45 bits per heavy atom. The van der Waals surface area contributed by atoms with Crippen LogP contribution in [0.3, 0.4) is 0 Å². The smallest absolute Gasteiger partial charge is 0.0624 e. The molecule has 0 bridgehead atoms. The summed E-state index contributed by atoms with van der Waals surface area (Å²) in [5, 5.41) is 12.3. The molecule has 0 radical (unpaired) electrons. The molecule has 0 aliphatic carbocycles. The maximum atomic E-state index is 7.88. The first-order valence-corrected chi connectivity index (χ1v) is 10.5. The Balaban J connectivity index is 0.000000438. The standard InChI is InChI=1S/C12H10N.C3H8O.2ClH.Ti/c1-3-7-11(8-4-1)13-12-9-5-2-6-10-12;1-2-3-4;;;/h1-10H;4H,2-3H2,1H3;2*1H;/q-1;;;;+2/p-2. The Bertz CT molecular complexity index is 375. The molecule has 0 saturated heterocycles. The zero-order valence-corrected chi connectivity index (χ0v) is 14.4. The summed E-state index contributed by atoms with van der Waals surface area (Å²) in [5.74, 6) is 0. The van der Waals surface area contributed by atoms with Gasteiger partial charge in [-0.25, -0.2) is 0 Å². The van der Waals surface area contributed by atoms with E-state index in [1.807, 2.05) is 67.6 Å². The molecule has 0 atom stereocenters. The molecule has 0 aromatic heterocycles. The monoisotopic (exact) mass is 346 g/mol. The van der Waals surface area contributed by atoms with Crippen LogP contribution in [0.5, 0.6) is 0 Å². The van der Waals surface area contributed by atoms with Gasteiger partial charge in [0.1, 0.15) is 0 Å². The van der Waals surface area contributed by atoms with Crippen molar-refractivity contribution in [3.05, 3.63) is 66.0 Å². The third-order valence-electron chi connectivity index (χ3n) is 1.99. The van der Waals surface area contributed by atoms with Crippen molar-refractivity contribution in [2.24, 2.45) is 0 Å². The molecule has 0 heterocycles. The Labute approximate surface area is 137 Å². The van der Waals surface area contributed by atoms with Crippen LogP contribution >= 0.6 is 18.6 Å². The maximum Gasteiger partial charge on any atom is -0.0624 e. The van der Waals surface area contributed by atoms with Gasteiger partial charge >= 0.3 is 35.6 Å². The van der Waals surface area contributed by atoms with E-state index in [0.717, 1.165) is 17.8 Å². The van der Waals surface area contributed by atoms with Crippen LogP contribution in [0.2, 0.25) is 0 Å². The summed E-state index contributed by atoms with van der Waals surface area (Å²) >= 11 is -0.556. The molecule has 2 rings (SSSR count). The van der Waals surface area contributed by atoms with Crippen LogP contribution < -0.4 is 0 Å². The van der Waals surface area contributed by atoms with Gasteiger partial charge in [-0.2, -0.15) is 0 Å². The normalized spacial score (nSPS) is 8.40. The SMILES string of the molecule is CCCO.[Cl][Ti][Cl].c1ccc([N-]c2ccccc2)cc1. The molecule has 0 unspecified atom stereocenters. The molecule has 5 heteroatoms. The third-order valence-corrected chi connectivity index (χ3v) is 1.99. The Kier molecular flexibility index (Phi) is 14.5. The molecule has 0 fully saturated rings. The first-order valence-electron chi connectivity index (χ1n) is 6.17. The van der Waals surface area contributed by atoms with E-state index in [2.05, 4.69) is 5.32 Å². The quantitative estimate of drug-likeness (QED) is 0.701. The van der Waals surface area contributed by atoms with Gasteiger partial charge in [-0.15, -0.1) is 11.4 Å². The fourth-order valence-electron chi connectivity index (χ4n) is 1.15. The molecule has 0 aliphatic rings. The van der Waals surface area contributed by atoms with Crippen LogP contribution in [0.25, 0.3) is 5.32 Å². The van der Waals surface area contributed by atoms with Crippen LogP contribution in [0.15, 0.2) is 60.7 Å². The Hall–Kier alpha value is -0.506. The molecular weight excluding hydrogens is 329 g/mol. The van der Waals surface area contributed by atoms with Crippen LogP contribution in [0, 0.1) is 0 Å². The van der Waals surface area contributed by atoms with Gasteiger partial charge in [0.2, 0.25) is 0 Å². The molecule has 0 amide bonds. The van der Waals surface area contributed by atoms with E-state index in [-0.39, 0.29) is 0 Å². The summed E-state index contributed by atoms with van der Waals surface area (Å²) in [6.07, 6.45) is 0.875. The Morgan fingerprint density at radius 2 is 1.20 bits per heavy atom. The van der Waals surface area contributed by atoms with Gasteiger partial charge in [-0.3, -0.25) is 0 Å². The number of hydrogen-bond acceptors (Lipinski definition) is 1. The van der Waals surface area contributed by atoms with E-state index in [1.54, 1.807) is 0 Å². The van der Waals surface area contributed by atoms with Crippen LogP contribution in [-0.2, 0) is 17.0 Å². The summed E-state index contributed by atoms with van der Waals surface area (Å²) in [4.78, 5) is 0. The molecule has 1 N–H and O–H groups in total.